The van der Waals surface area contributed by atoms with E-state index in [0.29, 0.717) is 22.9 Å². The van der Waals surface area contributed by atoms with Crippen LogP contribution in [-0.4, -0.2) is 15.7 Å². The maximum atomic E-state index is 11.6. The van der Waals surface area contributed by atoms with E-state index in [4.69, 9.17) is 11.6 Å². The molecule has 0 aliphatic heterocycles. The molecule has 0 aliphatic rings. The van der Waals surface area contributed by atoms with E-state index in [1.165, 1.54) is 6.92 Å². The average molecular weight is 245 g/mol. The third kappa shape index (κ3) is 4.58. The van der Waals surface area contributed by atoms with Crippen molar-refractivity contribution in [1.82, 2.24) is 0 Å². The molecule has 82 valence electrons. The predicted molar refractivity (Wildman–Crippen MR) is 63.5 cm³/mol. The highest BCUT2D eigenvalue weighted by Crippen LogP contribution is 2.16. The van der Waals surface area contributed by atoms with Gasteiger partial charge in [0.15, 0.2) is 0 Å². The summed E-state index contributed by atoms with van der Waals surface area (Å²) in [4.78, 5) is 10.7. The first-order valence-electron chi connectivity index (χ1n) is 4.67. The highest BCUT2D eigenvalue weighted by atomic mass is 35.5. The van der Waals surface area contributed by atoms with Crippen LogP contribution in [0, 0.1) is 0 Å². The Hall–Kier alpha value is -0.670. The molecule has 0 aliphatic carbocycles. The Morgan fingerprint density at radius 3 is 2.67 bits per heavy atom. The molecule has 4 heteroatoms. The molecule has 1 aromatic carbocycles. The first-order valence-corrected chi connectivity index (χ1v) is 6.54. The number of Topliss-reactive ketones (excluding diaryl/α,β-unsaturated/α-hetero) is 1. The molecular weight excluding hydrogens is 232 g/mol. The second kappa shape index (κ2) is 6.03. The monoisotopic (exact) mass is 244 g/mol. The summed E-state index contributed by atoms with van der Waals surface area (Å²) in [5.74, 6) is 0.913. The van der Waals surface area contributed by atoms with Crippen molar-refractivity contribution in [3.05, 3.63) is 34.9 Å². The number of benzene rings is 1. The van der Waals surface area contributed by atoms with Crippen LogP contribution in [0.3, 0.4) is 0 Å². The van der Waals surface area contributed by atoms with Crippen molar-refractivity contribution in [2.24, 2.45) is 0 Å². The lowest BCUT2D eigenvalue weighted by Gasteiger charge is -2.03. The topological polar surface area (TPSA) is 34.1 Å². The van der Waals surface area contributed by atoms with Crippen molar-refractivity contribution in [3.8, 4) is 0 Å². The fourth-order valence-electron chi connectivity index (χ4n) is 1.12. The fourth-order valence-corrected chi connectivity index (χ4v) is 2.66. The number of hydrogen-bond donors (Lipinski definition) is 0. The molecule has 15 heavy (non-hydrogen) atoms. The lowest BCUT2D eigenvalue weighted by molar-refractivity contribution is -0.116. The normalized spacial score (nSPS) is 12.4. The zero-order valence-electron chi connectivity index (χ0n) is 8.53. The second-order valence-electron chi connectivity index (χ2n) is 3.33. The van der Waals surface area contributed by atoms with Crippen LogP contribution in [0.2, 0.25) is 5.02 Å². The molecule has 1 unspecified atom stereocenters. The average Bonchev–Trinajstić information content (AvgIpc) is 2.18. The van der Waals surface area contributed by atoms with Crippen molar-refractivity contribution in [2.45, 2.75) is 19.1 Å². The van der Waals surface area contributed by atoms with E-state index >= 15 is 0 Å². The molecule has 0 bridgehead atoms. The van der Waals surface area contributed by atoms with Crippen LogP contribution >= 0.6 is 11.6 Å². The van der Waals surface area contributed by atoms with E-state index in [1.807, 2.05) is 18.2 Å². The Balaban J connectivity index is 2.52. The minimum absolute atomic E-state index is 0.0718. The summed E-state index contributed by atoms with van der Waals surface area (Å²) in [6.45, 7) is 1.51. The Labute approximate surface area is 97.1 Å². The quantitative estimate of drug-likeness (QED) is 0.798. The zero-order valence-corrected chi connectivity index (χ0v) is 10.1. The summed E-state index contributed by atoms with van der Waals surface area (Å²) >= 11 is 5.93. The van der Waals surface area contributed by atoms with Gasteiger partial charge < -0.3 is 0 Å². The minimum Gasteiger partial charge on any atom is -0.300 e. The minimum atomic E-state index is -1.01. The van der Waals surface area contributed by atoms with Gasteiger partial charge in [0, 0.05) is 28.0 Å². The molecular formula is C11H13ClO2S. The van der Waals surface area contributed by atoms with Crippen LogP contribution in [0.15, 0.2) is 24.3 Å². The predicted octanol–water partition coefficient (Wildman–Crippen LogP) is 2.57. The molecule has 0 saturated carbocycles. The third-order valence-electron chi connectivity index (χ3n) is 1.96. The van der Waals surface area contributed by atoms with Crippen molar-refractivity contribution < 1.29 is 9.00 Å². The van der Waals surface area contributed by atoms with Crippen LogP contribution in [0.25, 0.3) is 0 Å². The Bertz CT molecular complexity index is 377. The Morgan fingerprint density at radius 2 is 2.07 bits per heavy atom. The lowest BCUT2D eigenvalue weighted by Crippen LogP contribution is -2.05. The largest absolute Gasteiger partial charge is 0.300 e. The van der Waals surface area contributed by atoms with E-state index in [1.54, 1.807) is 6.07 Å². The van der Waals surface area contributed by atoms with Crippen LogP contribution in [0.4, 0.5) is 0 Å². The molecule has 0 heterocycles. The summed E-state index contributed by atoms with van der Waals surface area (Å²) in [6.07, 6.45) is 0.372. The number of hydrogen-bond acceptors (Lipinski definition) is 2. The third-order valence-corrected chi connectivity index (χ3v) is 3.62. The first kappa shape index (κ1) is 12.4. The molecule has 0 amide bonds. The zero-order chi connectivity index (χ0) is 11.3. The highest BCUT2D eigenvalue weighted by molar-refractivity contribution is 7.84. The fraction of sp³-hybridized carbons (Fsp3) is 0.364. The van der Waals surface area contributed by atoms with Gasteiger partial charge in [0.2, 0.25) is 0 Å². The number of rotatable bonds is 5. The van der Waals surface area contributed by atoms with Crippen LogP contribution in [-0.2, 0) is 21.3 Å². The van der Waals surface area contributed by atoms with Gasteiger partial charge in [-0.2, -0.15) is 0 Å². The van der Waals surface area contributed by atoms with E-state index in [0.717, 1.165) is 5.56 Å². The van der Waals surface area contributed by atoms with Crippen LogP contribution < -0.4 is 0 Å². The van der Waals surface area contributed by atoms with Crippen molar-refractivity contribution in [1.29, 1.82) is 0 Å². The highest BCUT2D eigenvalue weighted by Gasteiger charge is 2.06. The van der Waals surface area contributed by atoms with Crippen molar-refractivity contribution >= 4 is 28.2 Å². The summed E-state index contributed by atoms with van der Waals surface area (Å²) in [6, 6.07) is 7.33. The molecule has 0 aromatic heterocycles. The van der Waals surface area contributed by atoms with Gasteiger partial charge in [-0.25, -0.2) is 0 Å². The number of carbonyl (C=O) groups excluding carboxylic acids is 1. The molecule has 0 N–H and O–H groups in total. The molecule has 2 nitrogen and oxygen atoms in total. The maximum Gasteiger partial charge on any atom is 0.130 e. The molecule has 0 radical (unpaired) electrons. The second-order valence-corrected chi connectivity index (χ2v) is 5.32. The standard InChI is InChI=1S/C11H13ClO2S/c1-9(13)6-7-15(14)8-10-4-2-3-5-11(10)12/h2-5H,6-8H2,1H3. The Morgan fingerprint density at radius 1 is 1.40 bits per heavy atom. The molecule has 0 saturated heterocycles. The van der Waals surface area contributed by atoms with Gasteiger partial charge in [0.05, 0.1) is 5.75 Å². The van der Waals surface area contributed by atoms with E-state index in [-0.39, 0.29) is 5.78 Å². The molecule has 0 spiro atoms. The molecule has 1 rings (SSSR count). The summed E-state index contributed by atoms with van der Waals surface area (Å²) in [5, 5.41) is 0.633. The van der Waals surface area contributed by atoms with Gasteiger partial charge in [0.25, 0.3) is 0 Å². The van der Waals surface area contributed by atoms with Gasteiger partial charge in [-0.05, 0) is 18.6 Å². The first-order chi connectivity index (χ1) is 7.09. The number of ketones is 1. The summed E-state index contributed by atoms with van der Waals surface area (Å²) in [5.41, 5.74) is 0.876. The van der Waals surface area contributed by atoms with Gasteiger partial charge >= 0.3 is 0 Å². The van der Waals surface area contributed by atoms with Crippen LogP contribution in [0.5, 0.6) is 0 Å². The van der Waals surface area contributed by atoms with E-state index in [9.17, 15) is 9.00 Å². The van der Waals surface area contributed by atoms with Crippen molar-refractivity contribution in [3.63, 3.8) is 0 Å². The van der Waals surface area contributed by atoms with E-state index in [2.05, 4.69) is 0 Å². The molecule has 1 aromatic rings. The lowest BCUT2D eigenvalue weighted by atomic mass is 10.2. The summed E-state index contributed by atoms with van der Waals surface area (Å²) in [7, 11) is -1.01. The Kier molecular flexibility index (Phi) is 4.99. The summed E-state index contributed by atoms with van der Waals surface area (Å²) < 4.78 is 11.6. The van der Waals surface area contributed by atoms with Gasteiger partial charge in [0.1, 0.15) is 5.78 Å². The number of carbonyl (C=O) groups is 1. The SMILES string of the molecule is CC(=O)CCS(=O)Cc1ccccc1Cl. The number of halogens is 1. The molecule has 0 fully saturated rings. The van der Waals surface area contributed by atoms with Gasteiger partial charge in [-0.1, -0.05) is 29.8 Å². The van der Waals surface area contributed by atoms with Gasteiger partial charge in [-0.3, -0.25) is 9.00 Å². The van der Waals surface area contributed by atoms with E-state index < -0.39 is 10.8 Å². The maximum absolute atomic E-state index is 11.6. The van der Waals surface area contributed by atoms with Gasteiger partial charge in [-0.15, -0.1) is 0 Å². The smallest absolute Gasteiger partial charge is 0.130 e. The van der Waals surface area contributed by atoms with Crippen molar-refractivity contribution in [2.75, 3.05) is 5.75 Å². The van der Waals surface area contributed by atoms with Crippen LogP contribution in [0.1, 0.15) is 18.9 Å². The molecule has 1 atom stereocenters.